The number of methoxy groups -OCH3 is 1. The van der Waals surface area contributed by atoms with Crippen LogP contribution in [0.2, 0.25) is 0 Å². The van der Waals surface area contributed by atoms with Gasteiger partial charge in [0.2, 0.25) is 0 Å². The highest BCUT2D eigenvalue weighted by Gasteiger charge is 2.13. The Balaban J connectivity index is 0.000000705. The molecule has 0 spiro atoms. The van der Waals surface area contributed by atoms with Crippen molar-refractivity contribution < 1.29 is 23.0 Å². The van der Waals surface area contributed by atoms with E-state index in [1.165, 1.54) is 19.2 Å². The van der Waals surface area contributed by atoms with Gasteiger partial charge in [0.25, 0.3) is 6.47 Å². The average Bonchev–Trinajstić information content (AvgIpc) is 2.58. The molecule has 25 heavy (non-hydrogen) atoms. The smallest absolute Gasteiger partial charge is 0.292 e. The van der Waals surface area contributed by atoms with Crippen molar-refractivity contribution in [3.8, 4) is 11.5 Å². The van der Waals surface area contributed by atoms with Crippen LogP contribution in [0.15, 0.2) is 46.9 Å². The molecule has 2 aromatic rings. The number of nitrogens with two attached hydrogens (primary N) is 1. The van der Waals surface area contributed by atoms with Crippen LogP contribution in [0.1, 0.15) is 19.4 Å². The Bertz CT molecular complexity index is 707. The highest BCUT2D eigenvalue weighted by molar-refractivity contribution is 7.97. The van der Waals surface area contributed by atoms with Gasteiger partial charge in [-0.15, -0.1) is 0 Å². The minimum atomic E-state index is -0.736. The molecule has 0 amide bonds. The van der Waals surface area contributed by atoms with Gasteiger partial charge in [-0.05, 0) is 67.8 Å². The monoisotopic (exact) mass is 367 g/mol. The quantitative estimate of drug-likeness (QED) is 0.599. The predicted molar refractivity (Wildman–Crippen MR) is 95.3 cm³/mol. The maximum absolute atomic E-state index is 14.0. The Morgan fingerprint density at radius 2 is 1.64 bits per heavy atom. The van der Waals surface area contributed by atoms with Crippen molar-refractivity contribution in [3.05, 3.63) is 59.2 Å². The highest BCUT2D eigenvalue weighted by Crippen LogP contribution is 2.30. The second-order valence-electron chi connectivity index (χ2n) is 5.06. The van der Waals surface area contributed by atoms with E-state index in [4.69, 9.17) is 14.7 Å². The minimum absolute atomic E-state index is 0.348. The first kappa shape index (κ1) is 20.7. The molecule has 0 aliphatic rings. The van der Waals surface area contributed by atoms with Crippen LogP contribution in [0.3, 0.4) is 0 Å². The molecule has 2 rings (SSSR count). The zero-order valence-corrected chi connectivity index (χ0v) is 14.9. The molecule has 0 saturated carbocycles. The van der Waals surface area contributed by atoms with Crippen molar-refractivity contribution in [1.82, 2.24) is 0 Å². The van der Waals surface area contributed by atoms with Crippen molar-refractivity contribution in [3.63, 3.8) is 0 Å². The summed E-state index contributed by atoms with van der Waals surface area (Å²) in [6.07, 6.45) is 1.70. The lowest BCUT2D eigenvalue weighted by atomic mass is 10.1. The van der Waals surface area contributed by atoms with E-state index in [-0.39, 0.29) is 0 Å². The molecule has 7 heteroatoms. The largest absolute Gasteiger partial charge is 0.471 e. The standard InChI is InChI=1S/C16H15F2NOS.C2H4O2/c1-10(2)7-11-8-14(17)16(15(18)9-11)20-12-3-5-13(21-19)6-4-12;1-4-2-3/h3-9H,19H2,1-2H3;2H,1H3. The second kappa shape index (κ2) is 10.5. The fourth-order valence-electron chi connectivity index (χ4n) is 1.80. The maximum atomic E-state index is 14.0. The number of carbonyl (C=O) groups excluding carboxylic acids is 1. The fraction of sp³-hybridized carbons (Fsp3) is 0.167. The van der Waals surface area contributed by atoms with E-state index >= 15 is 0 Å². The topological polar surface area (TPSA) is 61.6 Å². The van der Waals surface area contributed by atoms with Gasteiger partial charge in [0, 0.05) is 4.90 Å². The summed E-state index contributed by atoms with van der Waals surface area (Å²) in [5.74, 6) is -1.53. The van der Waals surface area contributed by atoms with Gasteiger partial charge in [0.15, 0.2) is 17.4 Å². The first-order valence-electron chi connectivity index (χ1n) is 7.16. The Hall–Kier alpha value is -2.38. The third-order valence-electron chi connectivity index (χ3n) is 2.75. The Morgan fingerprint density at radius 1 is 1.12 bits per heavy atom. The van der Waals surface area contributed by atoms with Crippen LogP contribution in [0.25, 0.3) is 6.08 Å². The number of ether oxygens (including phenoxy) is 2. The van der Waals surface area contributed by atoms with Crippen LogP contribution in [0, 0.1) is 11.6 Å². The summed E-state index contributed by atoms with van der Waals surface area (Å²) in [6.45, 7) is 4.09. The molecule has 134 valence electrons. The van der Waals surface area contributed by atoms with E-state index < -0.39 is 17.4 Å². The molecule has 0 aromatic heterocycles. The maximum Gasteiger partial charge on any atom is 0.292 e. The SMILES string of the molecule is CC(C)=Cc1cc(F)c(Oc2ccc(SN)cc2)c(F)c1.COC=O. The zero-order valence-electron chi connectivity index (χ0n) is 14.1. The number of allylic oxidation sites excluding steroid dienone is 1. The lowest BCUT2D eigenvalue weighted by Gasteiger charge is -2.09. The van der Waals surface area contributed by atoms with Gasteiger partial charge in [-0.25, -0.2) is 8.78 Å². The Morgan fingerprint density at radius 3 is 2.04 bits per heavy atom. The van der Waals surface area contributed by atoms with Gasteiger partial charge < -0.3 is 9.47 Å². The van der Waals surface area contributed by atoms with Crippen LogP contribution in [0.4, 0.5) is 8.78 Å². The number of hydrogen-bond donors (Lipinski definition) is 1. The van der Waals surface area contributed by atoms with Crippen molar-refractivity contribution in [2.24, 2.45) is 5.14 Å². The third-order valence-corrected chi connectivity index (χ3v) is 3.30. The van der Waals surface area contributed by atoms with E-state index in [0.717, 1.165) is 22.4 Å². The molecule has 0 fully saturated rings. The molecule has 0 heterocycles. The Kier molecular flexibility index (Phi) is 8.66. The molecule has 0 saturated heterocycles. The lowest BCUT2D eigenvalue weighted by molar-refractivity contribution is -0.126. The molecule has 4 nitrogen and oxygen atoms in total. The highest BCUT2D eigenvalue weighted by atomic mass is 32.2. The fourth-order valence-corrected chi connectivity index (χ4v) is 2.09. The molecule has 2 aromatic carbocycles. The number of hydrogen-bond acceptors (Lipinski definition) is 5. The van der Waals surface area contributed by atoms with Gasteiger partial charge in [-0.1, -0.05) is 11.6 Å². The van der Waals surface area contributed by atoms with Crippen LogP contribution >= 0.6 is 11.9 Å². The molecule has 2 N–H and O–H groups in total. The number of carbonyl (C=O) groups is 1. The first-order chi connectivity index (χ1) is 11.9. The molecule has 0 radical (unpaired) electrons. The van der Waals surface area contributed by atoms with Gasteiger partial charge in [-0.3, -0.25) is 9.93 Å². The van der Waals surface area contributed by atoms with E-state index in [1.807, 2.05) is 13.8 Å². The normalized spacial score (nSPS) is 9.52. The van der Waals surface area contributed by atoms with E-state index in [0.29, 0.717) is 17.8 Å². The van der Waals surface area contributed by atoms with Crippen molar-refractivity contribution in [2.45, 2.75) is 18.7 Å². The first-order valence-corrected chi connectivity index (χ1v) is 8.04. The van der Waals surface area contributed by atoms with Gasteiger partial charge in [0.05, 0.1) is 7.11 Å². The average molecular weight is 367 g/mol. The second-order valence-corrected chi connectivity index (χ2v) is 5.77. The summed E-state index contributed by atoms with van der Waals surface area (Å²) in [6, 6.07) is 9.14. The summed E-state index contributed by atoms with van der Waals surface area (Å²) in [4.78, 5) is 9.79. The van der Waals surface area contributed by atoms with Crippen molar-refractivity contribution >= 4 is 24.5 Å². The molecule has 0 aliphatic heterocycles. The number of halogens is 2. The van der Waals surface area contributed by atoms with E-state index in [2.05, 4.69) is 4.74 Å². The van der Waals surface area contributed by atoms with Gasteiger partial charge >= 0.3 is 0 Å². The van der Waals surface area contributed by atoms with Crippen molar-refractivity contribution in [1.29, 1.82) is 0 Å². The van der Waals surface area contributed by atoms with Gasteiger partial charge in [-0.2, -0.15) is 0 Å². The summed E-state index contributed by atoms with van der Waals surface area (Å²) in [7, 11) is 1.31. The van der Waals surface area contributed by atoms with E-state index in [1.54, 1.807) is 30.3 Å². The molecule has 0 bridgehead atoms. The molecule has 0 unspecified atom stereocenters. The van der Waals surface area contributed by atoms with Crippen LogP contribution in [-0.2, 0) is 9.53 Å². The molecular weight excluding hydrogens is 348 g/mol. The van der Waals surface area contributed by atoms with Crippen LogP contribution in [0.5, 0.6) is 11.5 Å². The minimum Gasteiger partial charge on any atom is -0.471 e. The zero-order chi connectivity index (χ0) is 18.8. The van der Waals surface area contributed by atoms with Gasteiger partial charge in [0.1, 0.15) is 5.75 Å². The summed E-state index contributed by atoms with van der Waals surface area (Å²) < 4.78 is 37.1. The number of rotatable bonds is 5. The number of benzene rings is 2. The molecule has 0 aliphatic carbocycles. The van der Waals surface area contributed by atoms with Crippen LogP contribution in [-0.4, -0.2) is 13.6 Å². The lowest BCUT2D eigenvalue weighted by Crippen LogP contribution is -1.94. The van der Waals surface area contributed by atoms with Crippen LogP contribution < -0.4 is 9.88 Å². The predicted octanol–water partition coefficient (Wildman–Crippen LogP) is 4.94. The van der Waals surface area contributed by atoms with E-state index in [9.17, 15) is 8.78 Å². The summed E-state index contributed by atoms with van der Waals surface area (Å²) >= 11 is 1.09. The summed E-state index contributed by atoms with van der Waals surface area (Å²) in [5.41, 5.74) is 1.42. The Labute approximate surface area is 149 Å². The molecular formula is C18H19F2NO3S. The molecule has 0 atom stereocenters. The third kappa shape index (κ3) is 6.94. The van der Waals surface area contributed by atoms with Crippen molar-refractivity contribution in [2.75, 3.05) is 7.11 Å². The summed E-state index contributed by atoms with van der Waals surface area (Å²) in [5, 5.41) is 5.41.